The summed E-state index contributed by atoms with van der Waals surface area (Å²) in [6.07, 6.45) is 0. The van der Waals surface area contributed by atoms with Crippen LogP contribution < -0.4 is 5.32 Å². The zero-order chi connectivity index (χ0) is 14.9. The number of aryl methyl sites for hydroxylation is 3. The maximum Gasteiger partial charge on any atom is 0.274 e. The summed E-state index contributed by atoms with van der Waals surface area (Å²) in [5.74, 6) is -0.245. The van der Waals surface area contributed by atoms with Crippen LogP contribution in [0, 0.1) is 30.9 Å². The van der Waals surface area contributed by atoms with Gasteiger partial charge in [-0.2, -0.15) is 0 Å². The molecule has 0 unspecified atom stereocenters. The summed E-state index contributed by atoms with van der Waals surface area (Å²) in [4.78, 5) is 24.6. The molecule has 1 aromatic carbocycles. The molecular formula is C14H14N2O3S. The van der Waals surface area contributed by atoms with Crippen molar-refractivity contribution >= 4 is 28.6 Å². The van der Waals surface area contributed by atoms with Crippen molar-refractivity contribution in [2.45, 2.75) is 20.8 Å². The smallest absolute Gasteiger partial charge is 0.274 e. The highest BCUT2D eigenvalue weighted by molar-refractivity contribution is 7.12. The zero-order valence-corrected chi connectivity index (χ0v) is 12.2. The monoisotopic (exact) mass is 290 g/mol. The maximum atomic E-state index is 12.1. The number of hydrogen-bond acceptors (Lipinski definition) is 4. The van der Waals surface area contributed by atoms with E-state index in [2.05, 4.69) is 5.32 Å². The molecule has 0 radical (unpaired) electrons. The topological polar surface area (TPSA) is 72.2 Å². The van der Waals surface area contributed by atoms with Crippen LogP contribution in [0.2, 0.25) is 0 Å². The van der Waals surface area contributed by atoms with Gasteiger partial charge in [-0.15, -0.1) is 11.3 Å². The van der Waals surface area contributed by atoms with E-state index < -0.39 is 4.92 Å². The van der Waals surface area contributed by atoms with Gasteiger partial charge >= 0.3 is 0 Å². The number of amides is 1. The van der Waals surface area contributed by atoms with Gasteiger partial charge in [-0.3, -0.25) is 14.9 Å². The number of rotatable bonds is 3. The first-order chi connectivity index (χ1) is 9.38. The molecular weight excluding hydrogens is 276 g/mol. The van der Waals surface area contributed by atoms with Crippen LogP contribution in [0.3, 0.4) is 0 Å². The van der Waals surface area contributed by atoms with E-state index in [0.29, 0.717) is 16.8 Å². The van der Waals surface area contributed by atoms with Crippen molar-refractivity contribution in [1.82, 2.24) is 0 Å². The van der Waals surface area contributed by atoms with Crippen LogP contribution in [0.5, 0.6) is 0 Å². The molecule has 1 N–H and O–H groups in total. The first kappa shape index (κ1) is 14.2. The van der Waals surface area contributed by atoms with Gasteiger partial charge in [0.05, 0.1) is 10.5 Å². The second-order valence-electron chi connectivity index (χ2n) is 4.54. The van der Waals surface area contributed by atoms with Crippen LogP contribution in [-0.4, -0.2) is 10.8 Å². The Morgan fingerprint density at radius 2 is 1.95 bits per heavy atom. The molecule has 0 atom stereocenters. The molecule has 2 aromatic rings. The molecule has 0 saturated carbocycles. The van der Waals surface area contributed by atoms with Gasteiger partial charge in [0.2, 0.25) is 0 Å². The molecule has 2 rings (SSSR count). The molecule has 6 heteroatoms. The van der Waals surface area contributed by atoms with Crippen molar-refractivity contribution in [2.75, 3.05) is 5.32 Å². The molecule has 0 bridgehead atoms. The summed E-state index contributed by atoms with van der Waals surface area (Å²) in [6, 6.07) is 6.48. The quantitative estimate of drug-likeness (QED) is 0.689. The second-order valence-corrected chi connectivity index (χ2v) is 6.00. The minimum atomic E-state index is -0.453. The Kier molecular flexibility index (Phi) is 3.85. The van der Waals surface area contributed by atoms with Gasteiger partial charge in [0.15, 0.2) is 0 Å². The lowest BCUT2D eigenvalue weighted by molar-refractivity contribution is -0.385. The summed E-state index contributed by atoms with van der Waals surface area (Å²) < 4.78 is 0. The summed E-state index contributed by atoms with van der Waals surface area (Å²) in [6.45, 7) is 5.48. The third kappa shape index (κ3) is 2.85. The Labute approximate surface area is 120 Å². The highest BCUT2D eigenvalue weighted by Gasteiger charge is 2.15. The van der Waals surface area contributed by atoms with E-state index in [1.807, 2.05) is 19.9 Å². The van der Waals surface area contributed by atoms with E-state index in [-0.39, 0.29) is 11.6 Å². The first-order valence-electron chi connectivity index (χ1n) is 6.02. The Morgan fingerprint density at radius 3 is 2.50 bits per heavy atom. The number of nitrogens with one attached hydrogen (secondary N) is 1. The Balaban J connectivity index is 2.26. The standard InChI is InChI=1S/C14H14N2O3S/c1-8-4-5-11(7-13(8)16(18)19)15-14(17)12-6-9(2)20-10(12)3/h4-7H,1-3H3,(H,15,17). The van der Waals surface area contributed by atoms with Crippen LogP contribution >= 0.6 is 11.3 Å². The summed E-state index contributed by atoms with van der Waals surface area (Å²) in [7, 11) is 0. The third-order valence-corrected chi connectivity index (χ3v) is 3.92. The summed E-state index contributed by atoms with van der Waals surface area (Å²) in [5, 5.41) is 13.6. The van der Waals surface area contributed by atoms with E-state index >= 15 is 0 Å². The largest absolute Gasteiger partial charge is 0.322 e. The highest BCUT2D eigenvalue weighted by atomic mass is 32.1. The zero-order valence-electron chi connectivity index (χ0n) is 11.4. The van der Waals surface area contributed by atoms with E-state index in [1.54, 1.807) is 30.4 Å². The molecule has 0 fully saturated rings. The van der Waals surface area contributed by atoms with Crippen molar-refractivity contribution < 1.29 is 9.72 Å². The predicted octanol–water partition coefficient (Wildman–Crippen LogP) is 3.83. The normalized spacial score (nSPS) is 10.3. The number of nitrogens with zero attached hydrogens (tertiary/aromatic N) is 1. The predicted molar refractivity (Wildman–Crippen MR) is 79.6 cm³/mol. The van der Waals surface area contributed by atoms with Gasteiger partial charge in [0.25, 0.3) is 11.6 Å². The fourth-order valence-electron chi connectivity index (χ4n) is 1.94. The van der Waals surface area contributed by atoms with Crippen LogP contribution in [0.4, 0.5) is 11.4 Å². The minimum absolute atomic E-state index is 0.000945. The van der Waals surface area contributed by atoms with Crippen LogP contribution in [0.15, 0.2) is 24.3 Å². The number of thiophene rings is 1. The SMILES string of the molecule is Cc1cc(C(=O)Nc2ccc(C)c([N+](=O)[O-])c2)c(C)s1. The van der Waals surface area contributed by atoms with Gasteiger partial charge in [0.1, 0.15) is 0 Å². The van der Waals surface area contributed by atoms with Crippen LogP contribution in [0.25, 0.3) is 0 Å². The Hall–Kier alpha value is -2.21. The van der Waals surface area contributed by atoms with Crippen molar-refractivity contribution in [3.63, 3.8) is 0 Å². The molecule has 0 aliphatic rings. The van der Waals surface area contributed by atoms with E-state index in [1.165, 1.54) is 6.07 Å². The molecule has 5 nitrogen and oxygen atoms in total. The van der Waals surface area contributed by atoms with Crippen molar-refractivity contribution in [3.8, 4) is 0 Å². The molecule has 0 spiro atoms. The molecule has 1 heterocycles. The molecule has 0 aliphatic heterocycles. The van der Waals surface area contributed by atoms with Crippen molar-refractivity contribution in [2.24, 2.45) is 0 Å². The molecule has 1 aromatic heterocycles. The lowest BCUT2D eigenvalue weighted by Crippen LogP contribution is -2.12. The number of hydrogen-bond donors (Lipinski definition) is 1. The minimum Gasteiger partial charge on any atom is -0.322 e. The average molecular weight is 290 g/mol. The summed E-state index contributed by atoms with van der Waals surface area (Å²) >= 11 is 1.55. The van der Waals surface area contributed by atoms with Gasteiger partial charge in [-0.1, -0.05) is 6.07 Å². The number of nitro benzene ring substituents is 1. The number of anilines is 1. The van der Waals surface area contributed by atoms with E-state index in [0.717, 1.165) is 9.75 Å². The van der Waals surface area contributed by atoms with Gasteiger partial charge in [-0.25, -0.2) is 0 Å². The fraction of sp³-hybridized carbons (Fsp3) is 0.214. The lowest BCUT2D eigenvalue weighted by Gasteiger charge is -2.05. The third-order valence-electron chi connectivity index (χ3n) is 2.95. The molecule has 1 amide bonds. The van der Waals surface area contributed by atoms with Crippen LogP contribution in [-0.2, 0) is 0 Å². The molecule has 20 heavy (non-hydrogen) atoms. The van der Waals surface area contributed by atoms with E-state index in [4.69, 9.17) is 0 Å². The second kappa shape index (κ2) is 5.42. The van der Waals surface area contributed by atoms with E-state index in [9.17, 15) is 14.9 Å². The number of benzene rings is 1. The van der Waals surface area contributed by atoms with Gasteiger partial charge < -0.3 is 5.32 Å². The lowest BCUT2D eigenvalue weighted by atomic mass is 10.1. The Morgan fingerprint density at radius 1 is 1.25 bits per heavy atom. The fourth-order valence-corrected chi connectivity index (χ4v) is 2.86. The number of nitro groups is 1. The van der Waals surface area contributed by atoms with Gasteiger partial charge in [-0.05, 0) is 32.9 Å². The van der Waals surface area contributed by atoms with Gasteiger partial charge in [0, 0.05) is 27.1 Å². The molecule has 0 aliphatic carbocycles. The van der Waals surface area contributed by atoms with Crippen molar-refractivity contribution in [1.29, 1.82) is 0 Å². The van der Waals surface area contributed by atoms with Crippen LogP contribution in [0.1, 0.15) is 25.7 Å². The number of carbonyl (C=O) groups is 1. The Bertz CT molecular complexity index is 692. The first-order valence-corrected chi connectivity index (χ1v) is 6.83. The molecule has 104 valence electrons. The van der Waals surface area contributed by atoms with Crippen molar-refractivity contribution in [3.05, 3.63) is 55.3 Å². The molecule has 0 saturated heterocycles. The maximum absolute atomic E-state index is 12.1. The summed E-state index contributed by atoms with van der Waals surface area (Å²) in [5.41, 5.74) is 1.60. The highest BCUT2D eigenvalue weighted by Crippen LogP contribution is 2.25. The average Bonchev–Trinajstić information content (AvgIpc) is 2.70. The number of carbonyl (C=O) groups excluding carboxylic acids is 1.